The van der Waals surface area contributed by atoms with Crippen LogP contribution in [-0.4, -0.2) is 29.0 Å². The van der Waals surface area contributed by atoms with Crippen molar-refractivity contribution in [2.45, 2.75) is 12.8 Å². The Hall–Kier alpha value is -3.41. The molecule has 0 aliphatic carbocycles. The molecule has 27 heavy (non-hydrogen) atoms. The summed E-state index contributed by atoms with van der Waals surface area (Å²) in [6, 6.07) is 19.3. The zero-order chi connectivity index (χ0) is 18.5. The van der Waals surface area contributed by atoms with Crippen LogP contribution in [0.4, 0.5) is 22.9 Å². The third-order valence-electron chi connectivity index (χ3n) is 4.54. The molecule has 0 saturated carbocycles. The fourth-order valence-corrected chi connectivity index (χ4v) is 3.15. The fraction of sp³-hybridized carbons (Fsp3) is 0.190. The molecule has 0 spiro atoms. The minimum absolute atomic E-state index is 0.262. The van der Waals surface area contributed by atoms with E-state index in [1.165, 1.54) is 24.9 Å². The van der Waals surface area contributed by atoms with Gasteiger partial charge in [0.1, 0.15) is 17.8 Å². The maximum Gasteiger partial charge on any atom is 0.274 e. The number of benzene rings is 2. The lowest BCUT2D eigenvalue weighted by Gasteiger charge is -2.17. The Morgan fingerprint density at radius 2 is 1.63 bits per heavy atom. The first-order valence-corrected chi connectivity index (χ1v) is 9.08. The molecule has 0 unspecified atom stereocenters. The molecular weight excluding hydrogens is 338 g/mol. The molecule has 1 aromatic heterocycles. The van der Waals surface area contributed by atoms with E-state index in [1.807, 2.05) is 54.6 Å². The summed E-state index contributed by atoms with van der Waals surface area (Å²) < 4.78 is 0. The molecule has 1 aliphatic heterocycles. The van der Waals surface area contributed by atoms with Gasteiger partial charge in [-0.3, -0.25) is 4.79 Å². The summed E-state index contributed by atoms with van der Waals surface area (Å²) in [5, 5.41) is 6.06. The highest BCUT2D eigenvalue weighted by atomic mass is 16.1. The first kappa shape index (κ1) is 17.0. The first-order chi connectivity index (χ1) is 13.3. The predicted molar refractivity (Wildman–Crippen MR) is 108 cm³/mol. The van der Waals surface area contributed by atoms with Crippen LogP contribution < -0.4 is 15.5 Å². The quantitative estimate of drug-likeness (QED) is 0.718. The number of para-hydroxylation sites is 1. The van der Waals surface area contributed by atoms with Crippen molar-refractivity contribution in [3.8, 4) is 0 Å². The first-order valence-electron chi connectivity index (χ1n) is 9.08. The zero-order valence-corrected chi connectivity index (χ0v) is 14.9. The normalized spacial score (nSPS) is 13.4. The van der Waals surface area contributed by atoms with Crippen molar-refractivity contribution in [1.82, 2.24) is 9.97 Å². The van der Waals surface area contributed by atoms with Gasteiger partial charge in [-0.05, 0) is 49.2 Å². The summed E-state index contributed by atoms with van der Waals surface area (Å²) >= 11 is 0. The van der Waals surface area contributed by atoms with Crippen LogP contribution in [0.5, 0.6) is 0 Å². The number of rotatable bonds is 5. The Balaban J connectivity index is 1.42. The van der Waals surface area contributed by atoms with Gasteiger partial charge in [-0.25, -0.2) is 9.97 Å². The Labute approximate surface area is 158 Å². The van der Waals surface area contributed by atoms with Gasteiger partial charge in [-0.2, -0.15) is 0 Å². The van der Waals surface area contributed by atoms with Gasteiger partial charge in [0.15, 0.2) is 0 Å². The third-order valence-corrected chi connectivity index (χ3v) is 4.54. The van der Waals surface area contributed by atoms with Gasteiger partial charge in [-0.1, -0.05) is 18.2 Å². The van der Waals surface area contributed by atoms with Gasteiger partial charge in [-0.15, -0.1) is 0 Å². The summed E-state index contributed by atoms with van der Waals surface area (Å²) in [6.45, 7) is 2.20. The van der Waals surface area contributed by atoms with E-state index in [2.05, 4.69) is 25.5 Å². The van der Waals surface area contributed by atoms with Crippen LogP contribution in [0, 0.1) is 0 Å². The van der Waals surface area contributed by atoms with E-state index in [9.17, 15) is 4.79 Å². The molecule has 2 aromatic carbocycles. The molecule has 6 nitrogen and oxygen atoms in total. The second-order valence-electron chi connectivity index (χ2n) is 6.47. The van der Waals surface area contributed by atoms with Crippen molar-refractivity contribution in [1.29, 1.82) is 0 Å². The number of hydrogen-bond donors (Lipinski definition) is 2. The standard InChI is InChI=1S/C21H21N5O/c27-21(25-17-8-10-18(11-9-17)26-12-4-5-13-26)19-14-20(23-15-22-19)24-16-6-2-1-3-7-16/h1-3,6-11,14-15H,4-5,12-13H2,(H,25,27)(H,22,23,24). The fourth-order valence-electron chi connectivity index (χ4n) is 3.15. The maximum absolute atomic E-state index is 12.5. The zero-order valence-electron chi connectivity index (χ0n) is 14.9. The number of nitrogens with one attached hydrogen (secondary N) is 2. The van der Waals surface area contributed by atoms with Crippen LogP contribution in [0.15, 0.2) is 67.0 Å². The van der Waals surface area contributed by atoms with E-state index >= 15 is 0 Å². The highest BCUT2D eigenvalue weighted by Crippen LogP contribution is 2.22. The molecule has 1 aliphatic rings. The Morgan fingerprint density at radius 1 is 0.889 bits per heavy atom. The predicted octanol–water partition coefficient (Wildman–Crippen LogP) is 4.07. The van der Waals surface area contributed by atoms with Gasteiger partial charge >= 0.3 is 0 Å². The number of carbonyl (C=O) groups is 1. The Bertz CT molecular complexity index is 905. The minimum atomic E-state index is -0.262. The smallest absolute Gasteiger partial charge is 0.274 e. The van der Waals surface area contributed by atoms with Crippen molar-refractivity contribution in [3.05, 3.63) is 72.7 Å². The molecule has 4 rings (SSSR count). The van der Waals surface area contributed by atoms with E-state index in [4.69, 9.17) is 0 Å². The molecule has 1 amide bonds. The van der Waals surface area contributed by atoms with Crippen LogP contribution in [-0.2, 0) is 0 Å². The van der Waals surface area contributed by atoms with E-state index in [0.717, 1.165) is 24.5 Å². The number of amides is 1. The SMILES string of the molecule is O=C(Nc1ccc(N2CCCC2)cc1)c1cc(Nc2ccccc2)ncn1. The van der Waals surface area contributed by atoms with Crippen molar-refractivity contribution in [2.75, 3.05) is 28.6 Å². The number of anilines is 4. The molecule has 0 bridgehead atoms. The lowest BCUT2D eigenvalue weighted by atomic mass is 10.2. The second kappa shape index (κ2) is 7.86. The van der Waals surface area contributed by atoms with E-state index in [1.54, 1.807) is 6.07 Å². The van der Waals surface area contributed by atoms with E-state index in [0.29, 0.717) is 11.5 Å². The van der Waals surface area contributed by atoms with Crippen molar-refractivity contribution >= 4 is 28.8 Å². The molecule has 3 aromatic rings. The Morgan fingerprint density at radius 3 is 2.37 bits per heavy atom. The largest absolute Gasteiger partial charge is 0.372 e. The van der Waals surface area contributed by atoms with E-state index < -0.39 is 0 Å². The molecule has 6 heteroatoms. The molecule has 136 valence electrons. The second-order valence-corrected chi connectivity index (χ2v) is 6.47. The molecule has 0 atom stereocenters. The topological polar surface area (TPSA) is 70.2 Å². The summed E-state index contributed by atoms with van der Waals surface area (Å²) in [7, 11) is 0. The van der Waals surface area contributed by atoms with Crippen LogP contribution >= 0.6 is 0 Å². The molecule has 2 heterocycles. The van der Waals surface area contributed by atoms with E-state index in [-0.39, 0.29) is 5.91 Å². The minimum Gasteiger partial charge on any atom is -0.372 e. The van der Waals surface area contributed by atoms with Gasteiger partial charge in [0, 0.05) is 36.2 Å². The van der Waals surface area contributed by atoms with Crippen LogP contribution in [0.25, 0.3) is 0 Å². The monoisotopic (exact) mass is 359 g/mol. The number of aromatic nitrogens is 2. The summed E-state index contributed by atoms with van der Waals surface area (Å²) in [6.07, 6.45) is 3.87. The molecule has 1 fully saturated rings. The van der Waals surface area contributed by atoms with Crippen LogP contribution in [0.2, 0.25) is 0 Å². The number of carbonyl (C=O) groups excluding carboxylic acids is 1. The summed E-state index contributed by atoms with van der Waals surface area (Å²) in [5.74, 6) is 0.313. The highest BCUT2D eigenvalue weighted by molar-refractivity contribution is 6.03. The molecule has 2 N–H and O–H groups in total. The van der Waals surface area contributed by atoms with Crippen molar-refractivity contribution in [2.24, 2.45) is 0 Å². The highest BCUT2D eigenvalue weighted by Gasteiger charge is 2.13. The lowest BCUT2D eigenvalue weighted by molar-refractivity contribution is 0.102. The third kappa shape index (κ3) is 4.23. The van der Waals surface area contributed by atoms with Crippen molar-refractivity contribution < 1.29 is 4.79 Å². The Kier molecular flexibility index (Phi) is 4.96. The van der Waals surface area contributed by atoms with Gasteiger partial charge < -0.3 is 15.5 Å². The maximum atomic E-state index is 12.5. The molecular formula is C21H21N5O. The van der Waals surface area contributed by atoms with Gasteiger partial charge in [0.25, 0.3) is 5.91 Å². The lowest BCUT2D eigenvalue weighted by Crippen LogP contribution is -2.18. The van der Waals surface area contributed by atoms with Crippen LogP contribution in [0.3, 0.4) is 0 Å². The summed E-state index contributed by atoms with van der Waals surface area (Å²) in [5.41, 5.74) is 3.16. The van der Waals surface area contributed by atoms with Gasteiger partial charge in [0.05, 0.1) is 0 Å². The molecule has 0 radical (unpaired) electrons. The average molecular weight is 359 g/mol. The number of nitrogens with zero attached hydrogens (tertiary/aromatic N) is 3. The average Bonchev–Trinajstić information content (AvgIpc) is 3.24. The van der Waals surface area contributed by atoms with Crippen LogP contribution in [0.1, 0.15) is 23.3 Å². The molecule has 1 saturated heterocycles. The summed E-state index contributed by atoms with van der Waals surface area (Å²) in [4.78, 5) is 23.1. The van der Waals surface area contributed by atoms with Gasteiger partial charge in [0.2, 0.25) is 0 Å². The number of hydrogen-bond acceptors (Lipinski definition) is 5. The van der Waals surface area contributed by atoms with Crippen molar-refractivity contribution in [3.63, 3.8) is 0 Å².